The van der Waals surface area contributed by atoms with Crippen LogP contribution in [0.1, 0.15) is 29.9 Å². The third-order valence-corrected chi connectivity index (χ3v) is 2.67. The van der Waals surface area contributed by atoms with E-state index >= 15 is 0 Å². The smallest absolute Gasteiger partial charge is 0.339 e. The number of rotatable bonds is 7. The van der Waals surface area contributed by atoms with Crippen LogP contribution in [0.2, 0.25) is 0 Å². The molecule has 0 radical (unpaired) electrons. The predicted octanol–water partition coefficient (Wildman–Crippen LogP) is 0.852. The Hall–Kier alpha value is -1.53. The summed E-state index contributed by atoms with van der Waals surface area (Å²) in [5, 5.41) is 12.3. The molecular weight excluding hydrogens is 244 g/mol. The molecule has 0 fully saturated rings. The maximum atomic E-state index is 11.0. The quantitative estimate of drug-likeness (QED) is 0.762. The molecule has 0 aliphatic heterocycles. The Morgan fingerprint density at radius 2 is 2.16 bits per heavy atom. The number of carboxylic acid groups (broad SMARTS) is 1. The fourth-order valence-corrected chi connectivity index (χ4v) is 2.11. The van der Waals surface area contributed by atoms with Gasteiger partial charge < -0.3 is 15.3 Å². The normalized spacial score (nSPS) is 11.8. The van der Waals surface area contributed by atoms with Crippen LogP contribution in [0.25, 0.3) is 0 Å². The second-order valence-corrected chi connectivity index (χ2v) is 5.69. The van der Waals surface area contributed by atoms with E-state index < -0.39 is 5.97 Å². The van der Waals surface area contributed by atoms with E-state index in [1.807, 2.05) is 14.1 Å². The van der Waals surface area contributed by atoms with E-state index in [1.165, 1.54) is 12.5 Å². The molecule has 1 rings (SSSR count). The van der Waals surface area contributed by atoms with Gasteiger partial charge in [0.15, 0.2) is 0 Å². The second kappa shape index (κ2) is 6.58. The highest BCUT2D eigenvalue weighted by atomic mass is 16.4. The Morgan fingerprint density at radius 3 is 2.74 bits per heavy atom. The van der Waals surface area contributed by atoms with E-state index in [-0.39, 0.29) is 11.0 Å². The summed E-state index contributed by atoms with van der Waals surface area (Å²) in [4.78, 5) is 20.9. The van der Waals surface area contributed by atoms with Crippen LogP contribution in [0, 0.1) is 5.41 Å². The average molecular weight is 266 g/mol. The van der Waals surface area contributed by atoms with Crippen molar-refractivity contribution in [2.45, 2.75) is 20.4 Å². The van der Waals surface area contributed by atoms with Gasteiger partial charge in [-0.25, -0.2) is 14.8 Å². The third-order valence-electron chi connectivity index (χ3n) is 2.67. The minimum absolute atomic E-state index is 0.111. The van der Waals surface area contributed by atoms with Gasteiger partial charge in [0.05, 0.1) is 5.69 Å². The zero-order chi connectivity index (χ0) is 14.5. The number of aromatic carboxylic acids is 1. The van der Waals surface area contributed by atoms with Gasteiger partial charge in [0, 0.05) is 25.8 Å². The van der Waals surface area contributed by atoms with Crippen LogP contribution in [-0.4, -0.2) is 53.1 Å². The van der Waals surface area contributed by atoms with Crippen LogP contribution in [-0.2, 0) is 6.54 Å². The van der Waals surface area contributed by atoms with Crippen LogP contribution < -0.4 is 5.32 Å². The topological polar surface area (TPSA) is 78.3 Å². The minimum Gasteiger partial charge on any atom is -0.478 e. The molecule has 19 heavy (non-hydrogen) atoms. The molecule has 0 saturated carbocycles. The van der Waals surface area contributed by atoms with E-state index in [1.54, 1.807) is 0 Å². The monoisotopic (exact) mass is 266 g/mol. The first-order chi connectivity index (χ1) is 8.82. The van der Waals surface area contributed by atoms with Crippen molar-refractivity contribution < 1.29 is 9.90 Å². The Balaban J connectivity index is 2.56. The lowest BCUT2D eigenvalue weighted by molar-refractivity contribution is 0.0694. The molecule has 0 aromatic carbocycles. The van der Waals surface area contributed by atoms with Crippen molar-refractivity contribution in [3.8, 4) is 0 Å². The Labute approximate surface area is 113 Å². The molecule has 0 unspecified atom stereocenters. The van der Waals surface area contributed by atoms with Gasteiger partial charge in [0.2, 0.25) is 0 Å². The van der Waals surface area contributed by atoms with Crippen molar-refractivity contribution in [3.63, 3.8) is 0 Å². The van der Waals surface area contributed by atoms with Crippen molar-refractivity contribution in [1.82, 2.24) is 20.2 Å². The Bertz CT molecular complexity index is 432. The Morgan fingerprint density at radius 1 is 1.47 bits per heavy atom. The summed E-state index contributed by atoms with van der Waals surface area (Å²) in [5.74, 6) is -0.995. The molecule has 0 spiro atoms. The maximum Gasteiger partial charge on any atom is 0.339 e. The summed E-state index contributed by atoms with van der Waals surface area (Å²) >= 11 is 0. The second-order valence-electron chi connectivity index (χ2n) is 5.69. The van der Waals surface area contributed by atoms with E-state index in [0.29, 0.717) is 12.2 Å². The summed E-state index contributed by atoms with van der Waals surface area (Å²) in [5.41, 5.74) is 0.781. The summed E-state index contributed by atoms with van der Waals surface area (Å²) in [6.45, 7) is 6.50. The summed E-state index contributed by atoms with van der Waals surface area (Å²) in [7, 11) is 4.07. The molecule has 0 atom stereocenters. The molecule has 1 aromatic heterocycles. The third kappa shape index (κ3) is 5.32. The van der Waals surface area contributed by atoms with E-state index in [0.717, 1.165) is 13.1 Å². The molecule has 0 aliphatic carbocycles. The summed E-state index contributed by atoms with van der Waals surface area (Å²) in [6.07, 6.45) is 2.70. The molecule has 2 N–H and O–H groups in total. The van der Waals surface area contributed by atoms with E-state index in [2.05, 4.69) is 34.0 Å². The van der Waals surface area contributed by atoms with Crippen molar-refractivity contribution >= 4 is 5.97 Å². The first-order valence-electron chi connectivity index (χ1n) is 6.19. The first-order valence-corrected chi connectivity index (χ1v) is 6.19. The standard InChI is InChI=1S/C13H22N4O2/c1-13(2,8-17(3)4)7-14-6-11-10(12(18)19)5-15-9-16-11/h5,9,14H,6-8H2,1-4H3,(H,18,19). The number of carbonyl (C=O) groups is 1. The highest BCUT2D eigenvalue weighted by Gasteiger charge is 2.19. The molecule has 106 valence electrons. The van der Waals surface area contributed by atoms with E-state index in [4.69, 9.17) is 5.11 Å². The van der Waals surface area contributed by atoms with Crippen LogP contribution in [0.5, 0.6) is 0 Å². The zero-order valence-corrected chi connectivity index (χ0v) is 12.0. The SMILES string of the molecule is CN(C)CC(C)(C)CNCc1ncncc1C(=O)O. The molecule has 6 heteroatoms. The molecule has 1 heterocycles. The number of aromatic nitrogens is 2. The van der Waals surface area contributed by atoms with Gasteiger partial charge in [-0.05, 0) is 19.5 Å². The Kier molecular flexibility index (Phi) is 5.38. The fraction of sp³-hybridized carbons (Fsp3) is 0.615. The number of hydrogen-bond acceptors (Lipinski definition) is 5. The number of hydrogen-bond donors (Lipinski definition) is 2. The molecule has 1 aromatic rings. The maximum absolute atomic E-state index is 11.0. The predicted molar refractivity (Wildman–Crippen MR) is 73.0 cm³/mol. The highest BCUT2D eigenvalue weighted by Crippen LogP contribution is 2.14. The number of nitrogens with zero attached hydrogens (tertiary/aromatic N) is 3. The minimum atomic E-state index is -0.995. The van der Waals surface area contributed by atoms with Crippen LogP contribution >= 0.6 is 0 Å². The van der Waals surface area contributed by atoms with Gasteiger partial charge in [0.1, 0.15) is 11.9 Å². The van der Waals surface area contributed by atoms with Gasteiger partial charge in [-0.1, -0.05) is 13.8 Å². The van der Waals surface area contributed by atoms with Crippen LogP contribution in [0.15, 0.2) is 12.5 Å². The molecule has 6 nitrogen and oxygen atoms in total. The van der Waals surface area contributed by atoms with Crippen molar-refractivity contribution in [2.75, 3.05) is 27.2 Å². The number of carboxylic acids is 1. The lowest BCUT2D eigenvalue weighted by Crippen LogP contribution is -2.37. The van der Waals surface area contributed by atoms with Crippen LogP contribution in [0.3, 0.4) is 0 Å². The largest absolute Gasteiger partial charge is 0.478 e. The fourth-order valence-electron chi connectivity index (χ4n) is 2.11. The summed E-state index contributed by atoms with van der Waals surface area (Å²) in [6, 6.07) is 0. The molecule has 0 amide bonds. The van der Waals surface area contributed by atoms with Gasteiger partial charge in [0.25, 0.3) is 0 Å². The average Bonchev–Trinajstić information content (AvgIpc) is 2.27. The molecular formula is C13H22N4O2. The van der Waals surface area contributed by atoms with Gasteiger partial charge in [-0.15, -0.1) is 0 Å². The van der Waals surface area contributed by atoms with Gasteiger partial charge >= 0.3 is 5.97 Å². The van der Waals surface area contributed by atoms with Crippen LogP contribution in [0.4, 0.5) is 0 Å². The first kappa shape index (κ1) is 15.5. The summed E-state index contributed by atoms with van der Waals surface area (Å²) < 4.78 is 0. The molecule has 0 saturated heterocycles. The van der Waals surface area contributed by atoms with Crippen molar-refractivity contribution in [1.29, 1.82) is 0 Å². The number of nitrogens with one attached hydrogen (secondary N) is 1. The molecule has 0 bridgehead atoms. The lowest BCUT2D eigenvalue weighted by Gasteiger charge is -2.28. The van der Waals surface area contributed by atoms with Crippen molar-refractivity contribution in [2.24, 2.45) is 5.41 Å². The van der Waals surface area contributed by atoms with E-state index in [9.17, 15) is 4.79 Å². The highest BCUT2D eigenvalue weighted by molar-refractivity contribution is 5.88. The van der Waals surface area contributed by atoms with Gasteiger partial charge in [-0.2, -0.15) is 0 Å². The van der Waals surface area contributed by atoms with Gasteiger partial charge in [-0.3, -0.25) is 0 Å². The zero-order valence-electron chi connectivity index (χ0n) is 12.0. The lowest BCUT2D eigenvalue weighted by atomic mass is 9.93. The van der Waals surface area contributed by atoms with Crippen molar-refractivity contribution in [3.05, 3.63) is 23.8 Å². The molecule has 0 aliphatic rings.